The zero-order chi connectivity index (χ0) is 25.7. The van der Waals surface area contributed by atoms with E-state index in [4.69, 9.17) is 0 Å². The Hall–Kier alpha value is -1.63. The molecule has 4 nitrogen and oxygen atoms in total. The van der Waals surface area contributed by atoms with Crippen molar-refractivity contribution in [1.29, 1.82) is 0 Å². The maximum atomic E-state index is 11.2. The molecule has 199 valence electrons. The molecule has 2 aliphatic rings. The van der Waals surface area contributed by atoms with Gasteiger partial charge in [0, 0.05) is 0 Å². The van der Waals surface area contributed by atoms with E-state index >= 15 is 0 Å². The molecule has 0 radical (unpaired) electrons. The topological polar surface area (TPSA) is 46.5 Å². The molecule has 1 saturated heterocycles. The zero-order valence-electron chi connectivity index (χ0n) is 22.9. The van der Waals surface area contributed by atoms with Crippen LogP contribution in [0.3, 0.4) is 0 Å². The number of aryl methyl sites for hydroxylation is 2. The van der Waals surface area contributed by atoms with Crippen molar-refractivity contribution in [3.05, 3.63) is 57.6 Å². The van der Waals surface area contributed by atoms with Crippen LogP contribution in [-0.4, -0.2) is 42.0 Å². The summed E-state index contributed by atoms with van der Waals surface area (Å²) in [7, 11) is 0. The number of halogens is 1. The molecule has 2 aromatic rings. The molecule has 6 heteroatoms. The van der Waals surface area contributed by atoms with E-state index in [1.54, 1.807) is 0 Å². The average Bonchev–Trinajstić information content (AvgIpc) is 3.08. The quantitative estimate of drug-likeness (QED) is 0.556. The molecule has 0 aromatic heterocycles. The molecule has 2 atom stereocenters. The summed E-state index contributed by atoms with van der Waals surface area (Å²) in [5.74, 6) is 0.775. The Balaban J connectivity index is 0.00000361. The van der Waals surface area contributed by atoms with E-state index in [1.807, 2.05) is 0 Å². The van der Waals surface area contributed by atoms with Gasteiger partial charge in [-0.2, -0.15) is 0 Å². The van der Waals surface area contributed by atoms with E-state index in [2.05, 4.69) is 99.3 Å². The summed E-state index contributed by atoms with van der Waals surface area (Å²) < 4.78 is 4.77. The van der Waals surface area contributed by atoms with E-state index in [0.29, 0.717) is 23.6 Å². The van der Waals surface area contributed by atoms with Crippen LogP contribution >= 0.6 is 0 Å². The first kappa shape index (κ1) is 28.9. The molecule has 0 bridgehead atoms. The molecule has 2 aromatic carbocycles. The largest absolute Gasteiger partial charge is 1.00 e. The van der Waals surface area contributed by atoms with E-state index in [1.165, 1.54) is 12.8 Å². The Morgan fingerprint density at radius 3 is 1.42 bits per heavy atom. The molecule has 0 amide bonds. The SMILES string of the molecule is Cc1cc(C=[N+]2[Co][N+](=Cc3cc(C)cc(C(C)(C)C)c3O)[C@@H]3CCCC[C@H]32)c(O)c(C(C)(C)C)c1.[Br-]. The first-order chi connectivity index (χ1) is 16.3. The number of hydrogen-bond donors (Lipinski definition) is 2. The Morgan fingerprint density at radius 2 is 1.08 bits per heavy atom. The van der Waals surface area contributed by atoms with Gasteiger partial charge in [0.05, 0.1) is 0 Å². The molecule has 0 unspecified atom stereocenters. The fourth-order valence-corrected chi connectivity index (χ4v) is 6.89. The van der Waals surface area contributed by atoms with Crippen molar-refractivity contribution in [2.75, 3.05) is 0 Å². The van der Waals surface area contributed by atoms with Crippen molar-refractivity contribution < 1.29 is 49.6 Å². The third-order valence-electron chi connectivity index (χ3n) is 7.15. The smallest absolute Gasteiger partial charge is 1.00 e. The van der Waals surface area contributed by atoms with Gasteiger partial charge in [0.2, 0.25) is 0 Å². The van der Waals surface area contributed by atoms with Crippen LogP contribution in [0.5, 0.6) is 11.5 Å². The van der Waals surface area contributed by atoms with Gasteiger partial charge in [0.1, 0.15) is 0 Å². The maximum absolute atomic E-state index is 11.2. The number of phenolic OH excluding ortho intramolecular Hbond substituents is 2. The van der Waals surface area contributed by atoms with Crippen LogP contribution in [0.15, 0.2) is 24.3 Å². The zero-order valence-corrected chi connectivity index (χ0v) is 25.6. The molecule has 1 aliphatic carbocycles. The molecule has 2 N–H and O–H groups in total. The monoisotopic (exact) mass is 600 g/mol. The molecule has 0 spiro atoms. The van der Waals surface area contributed by atoms with Crippen molar-refractivity contribution in [3.8, 4) is 11.5 Å². The van der Waals surface area contributed by atoms with Crippen LogP contribution in [0.1, 0.15) is 101 Å². The fraction of sp³-hybridized carbons (Fsp3) is 0.533. The first-order valence-corrected chi connectivity index (χ1v) is 13.7. The number of hydrogen-bond acceptors (Lipinski definition) is 2. The predicted molar refractivity (Wildman–Crippen MR) is 140 cm³/mol. The fourth-order valence-electron chi connectivity index (χ4n) is 5.27. The third-order valence-corrected chi connectivity index (χ3v) is 8.59. The molecule has 1 aliphatic heterocycles. The van der Waals surface area contributed by atoms with Gasteiger partial charge in [-0.15, -0.1) is 0 Å². The van der Waals surface area contributed by atoms with Crippen molar-refractivity contribution in [2.24, 2.45) is 0 Å². The number of fused-ring (bicyclic) bond motifs is 1. The Bertz CT molecular complexity index is 1110. The van der Waals surface area contributed by atoms with Crippen LogP contribution in [0, 0.1) is 13.8 Å². The molecule has 36 heavy (non-hydrogen) atoms. The van der Waals surface area contributed by atoms with Crippen LogP contribution in [0.4, 0.5) is 0 Å². The summed E-state index contributed by atoms with van der Waals surface area (Å²) in [6.07, 6.45) is 9.05. The van der Waals surface area contributed by atoms with E-state index in [-0.39, 0.29) is 27.8 Å². The van der Waals surface area contributed by atoms with E-state index in [9.17, 15) is 10.2 Å². The van der Waals surface area contributed by atoms with Gasteiger partial charge in [-0.05, 0) is 0 Å². The summed E-state index contributed by atoms with van der Waals surface area (Å²) in [5.41, 5.74) is 5.84. The van der Waals surface area contributed by atoms with Gasteiger partial charge in [0.25, 0.3) is 0 Å². The van der Waals surface area contributed by atoms with Crippen LogP contribution in [0.25, 0.3) is 0 Å². The summed E-state index contributed by atoms with van der Waals surface area (Å²) in [5, 5.41) is 22.3. The minimum absolute atomic E-state index is 0. The van der Waals surface area contributed by atoms with Gasteiger partial charge in [0.15, 0.2) is 0 Å². The summed E-state index contributed by atoms with van der Waals surface area (Å²) in [4.78, 5) is 0. The van der Waals surface area contributed by atoms with Crippen molar-refractivity contribution in [2.45, 2.75) is 104 Å². The summed E-state index contributed by atoms with van der Waals surface area (Å²) >= 11 is 1.11. The Kier molecular flexibility index (Phi) is 8.54. The van der Waals surface area contributed by atoms with Gasteiger partial charge in [-0.25, -0.2) is 0 Å². The number of benzene rings is 2. The molecule has 1 saturated carbocycles. The van der Waals surface area contributed by atoms with Gasteiger partial charge in [-0.1, -0.05) is 0 Å². The second kappa shape index (κ2) is 10.6. The van der Waals surface area contributed by atoms with E-state index in [0.717, 1.165) is 61.3 Å². The number of rotatable bonds is 2. The van der Waals surface area contributed by atoms with Gasteiger partial charge < -0.3 is 17.0 Å². The maximum Gasteiger partial charge on any atom is -1.00 e. The van der Waals surface area contributed by atoms with Gasteiger partial charge >= 0.3 is 218 Å². The molecule has 1 heterocycles. The number of aromatic hydroxyl groups is 2. The van der Waals surface area contributed by atoms with Crippen molar-refractivity contribution in [3.63, 3.8) is 0 Å². The minimum atomic E-state index is -0.123. The van der Waals surface area contributed by atoms with Crippen LogP contribution < -0.4 is 17.0 Å². The normalized spacial score (nSPS) is 22.8. The summed E-state index contributed by atoms with van der Waals surface area (Å²) in [6.45, 7) is 17.1. The second-order valence-electron chi connectivity index (χ2n) is 12.4. The van der Waals surface area contributed by atoms with Crippen molar-refractivity contribution >= 4 is 12.4 Å². The van der Waals surface area contributed by atoms with Crippen LogP contribution in [0.2, 0.25) is 0 Å². The molecular weight excluding hydrogens is 559 g/mol. The standard InChI is InChI=1S/C30H42N2O2.BrH.Co/c1-19-13-21(27(33)23(15-19)29(3,4)5)17-31-25-11-9-10-12-26(25)32-18-22-14-20(2)16-24(28(22)34)30(6,7)8;;/h13-18,25-26,33-34H,9-12H2,1-8H3;1H;/q;;+2/p-1/t25-,26-;;/m1../s1. The van der Waals surface area contributed by atoms with Crippen LogP contribution in [-0.2, 0) is 26.0 Å². The van der Waals surface area contributed by atoms with Gasteiger partial charge in [-0.3, -0.25) is 0 Å². The second-order valence-corrected chi connectivity index (χ2v) is 13.7. The minimum Gasteiger partial charge on any atom is -1.00 e. The molecule has 2 fully saturated rings. The Labute approximate surface area is 234 Å². The Morgan fingerprint density at radius 1 is 0.722 bits per heavy atom. The first-order valence-electron chi connectivity index (χ1n) is 12.8. The average molecular weight is 602 g/mol. The molecular formula is C30H42BrCoN2O2+. The number of nitrogens with zero attached hydrogens (tertiary/aromatic N) is 2. The third kappa shape index (κ3) is 5.92. The summed E-state index contributed by atoms with van der Waals surface area (Å²) in [6, 6.07) is 9.17. The van der Waals surface area contributed by atoms with E-state index < -0.39 is 0 Å². The van der Waals surface area contributed by atoms with Crippen molar-refractivity contribution in [1.82, 2.24) is 0 Å². The number of phenols is 2. The predicted octanol–water partition coefficient (Wildman–Crippen LogP) is 3.11. The molecule has 4 rings (SSSR count).